The van der Waals surface area contributed by atoms with Gasteiger partial charge in [0, 0.05) is 11.5 Å². The first kappa shape index (κ1) is 19.2. The number of oxime groups is 1. The van der Waals surface area contributed by atoms with E-state index in [0.717, 1.165) is 38.9 Å². The number of nitrogens with one attached hydrogen (secondary N) is 1. The van der Waals surface area contributed by atoms with Crippen molar-refractivity contribution in [3.63, 3.8) is 0 Å². The molecule has 0 radical (unpaired) electrons. The summed E-state index contributed by atoms with van der Waals surface area (Å²) in [6.45, 7) is 11.7. The van der Waals surface area contributed by atoms with Crippen LogP contribution in [0.5, 0.6) is 0 Å². The van der Waals surface area contributed by atoms with Gasteiger partial charge in [0.2, 0.25) is 0 Å². The number of hydrogen-bond acceptors (Lipinski definition) is 4. The van der Waals surface area contributed by atoms with Gasteiger partial charge in [-0.3, -0.25) is 0 Å². The zero-order chi connectivity index (χ0) is 15.6. The number of nitrogens with zero attached hydrogens (tertiary/aromatic N) is 2. The van der Waals surface area contributed by atoms with Crippen LogP contribution >= 0.6 is 0 Å². The van der Waals surface area contributed by atoms with Crippen LogP contribution in [0.25, 0.3) is 0 Å². The molecule has 0 rings (SSSR count). The van der Waals surface area contributed by atoms with E-state index in [0.29, 0.717) is 11.9 Å². The maximum Gasteiger partial charge on any atom is 0.144 e. The van der Waals surface area contributed by atoms with Crippen molar-refractivity contribution in [2.75, 3.05) is 26.7 Å². The van der Waals surface area contributed by atoms with Gasteiger partial charge >= 0.3 is 0 Å². The summed E-state index contributed by atoms with van der Waals surface area (Å²) in [4.78, 5) is 2.36. The smallest absolute Gasteiger partial charge is 0.144 e. The molecule has 0 amide bonds. The van der Waals surface area contributed by atoms with Gasteiger partial charge in [-0.25, -0.2) is 0 Å². The van der Waals surface area contributed by atoms with E-state index in [1.54, 1.807) is 0 Å². The Hall–Kier alpha value is -0.810. The molecule has 0 fully saturated rings. The summed E-state index contributed by atoms with van der Waals surface area (Å²) in [5.41, 5.74) is 5.45. The molecular weight excluding hydrogens is 252 g/mol. The lowest BCUT2D eigenvalue weighted by Crippen LogP contribution is -2.32. The van der Waals surface area contributed by atoms with E-state index in [9.17, 15) is 0 Å². The Labute approximate surface area is 124 Å². The minimum absolute atomic E-state index is 0.214. The molecule has 0 aliphatic carbocycles. The zero-order valence-electron chi connectivity index (χ0n) is 13.9. The van der Waals surface area contributed by atoms with Crippen molar-refractivity contribution >= 4 is 5.84 Å². The molecule has 0 spiro atoms. The third-order valence-electron chi connectivity index (χ3n) is 3.95. The molecule has 0 unspecified atom stereocenters. The third-order valence-corrected chi connectivity index (χ3v) is 3.95. The first-order valence-corrected chi connectivity index (χ1v) is 7.70. The van der Waals surface area contributed by atoms with Crippen molar-refractivity contribution < 1.29 is 5.21 Å². The molecule has 0 atom stereocenters. The van der Waals surface area contributed by atoms with Gasteiger partial charge in [0.05, 0.1) is 0 Å². The van der Waals surface area contributed by atoms with Gasteiger partial charge in [0.25, 0.3) is 0 Å². The monoisotopic (exact) mass is 286 g/mol. The lowest BCUT2D eigenvalue weighted by atomic mass is 9.86. The molecule has 0 aromatic carbocycles. The van der Waals surface area contributed by atoms with Gasteiger partial charge in [0.15, 0.2) is 0 Å². The first-order valence-electron chi connectivity index (χ1n) is 7.70. The first-order chi connectivity index (χ1) is 9.31. The Morgan fingerprint density at radius 1 is 1.25 bits per heavy atom. The molecule has 20 heavy (non-hydrogen) atoms. The number of unbranched alkanes of at least 4 members (excludes halogenated alkanes) is 1. The highest BCUT2D eigenvalue weighted by Gasteiger charge is 2.22. The van der Waals surface area contributed by atoms with Gasteiger partial charge in [-0.05, 0) is 59.8 Å². The van der Waals surface area contributed by atoms with Crippen molar-refractivity contribution in [2.24, 2.45) is 16.3 Å². The average molecular weight is 286 g/mol. The fourth-order valence-electron chi connectivity index (χ4n) is 1.92. The number of rotatable bonds is 11. The van der Waals surface area contributed by atoms with Crippen LogP contribution in [0.15, 0.2) is 5.16 Å². The summed E-state index contributed by atoms with van der Waals surface area (Å²) in [5.74, 6) is 0.321. The molecule has 0 aliphatic rings. The van der Waals surface area contributed by atoms with Crippen molar-refractivity contribution in [1.29, 1.82) is 0 Å². The summed E-state index contributed by atoms with van der Waals surface area (Å²) in [6.07, 6.45) is 4.34. The second kappa shape index (κ2) is 10.00. The highest BCUT2D eigenvalue weighted by molar-refractivity contribution is 5.85. The average Bonchev–Trinajstić information content (AvgIpc) is 2.40. The van der Waals surface area contributed by atoms with E-state index in [1.165, 1.54) is 6.42 Å². The lowest BCUT2D eigenvalue weighted by molar-refractivity contribution is 0.269. The molecule has 0 heterocycles. The van der Waals surface area contributed by atoms with Crippen LogP contribution < -0.4 is 11.1 Å². The second-order valence-corrected chi connectivity index (χ2v) is 6.50. The Morgan fingerprint density at radius 3 is 2.40 bits per heavy atom. The largest absolute Gasteiger partial charge is 0.409 e. The van der Waals surface area contributed by atoms with Crippen LogP contribution in [0.2, 0.25) is 0 Å². The van der Waals surface area contributed by atoms with Gasteiger partial charge in [-0.1, -0.05) is 25.4 Å². The van der Waals surface area contributed by atoms with E-state index in [-0.39, 0.29) is 5.41 Å². The Bertz CT molecular complexity index is 277. The summed E-state index contributed by atoms with van der Waals surface area (Å²) in [6, 6.07) is 0.621. The normalized spacial score (nSPS) is 13.4. The van der Waals surface area contributed by atoms with Crippen molar-refractivity contribution in [2.45, 2.75) is 59.4 Å². The fraction of sp³-hybridized carbons (Fsp3) is 0.933. The molecule has 4 N–H and O–H groups in total. The fourth-order valence-corrected chi connectivity index (χ4v) is 1.92. The zero-order valence-corrected chi connectivity index (χ0v) is 13.9. The standard InChI is InChI=1S/C15H34N4O/c1-13(2)19(5)12-8-11-17-10-7-6-9-15(3,4)14(16)18-20/h13,17,20H,6-12H2,1-5H3,(H2,16,18). The van der Waals surface area contributed by atoms with Crippen LogP contribution in [-0.4, -0.2) is 48.7 Å². The predicted octanol–water partition coefficient (Wildman–Crippen LogP) is 2.25. The van der Waals surface area contributed by atoms with Gasteiger partial charge in [-0.15, -0.1) is 0 Å². The summed E-state index contributed by atoms with van der Waals surface area (Å²) >= 11 is 0. The Morgan fingerprint density at radius 2 is 1.85 bits per heavy atom. The van der Waals surface area contributed by atoms with E-state index in [1.807, 2.05) is 13.8 Å². The SMILES string of the molecule is CC(C)N(C)CCCNCCCCC(C)(C)C(N)=NO. The predicted molar refractivity (Wildman–Crippen MR) is 86.3 cm³/mol. The summed E-state index contributed by atoms with van der Waals surface area (Å²) in [7, 11) is 2.17. The third kappa shape index (κ3) is 8.38. The number of amidine groups is 1. The minimum Gasteiger partial charge on any atom is -0.409 e. The summed E-state index contributed by atoms with van der Waals surface area (Å²) < 4.78 is 0. The van der Waals surface area contributed by atoms with Crippen LogP contribution in [0, 0.1) is 5.41 Å². The van der Waals surface area contributed by atoms with E-state index in [2.05, 4.69) is 36.3 Å². The van der Waals surface area contributed by atoms with Crippen molar-refractivity contribution in [3.05, 3.63) is 0 Å². The highest BCUT2D eigenvalue weighted by Crippen LogP contribution is 2.22. The quantitative estimate of drug-likeness (QED) is 0.179. The van der Waals surface area contributed by atoms with E-state index >= 15 is 0 Å². The van der Waals surface area contributed by atoms with Gasteiger partial charge < -0.3 is 21.2 Å². The topological polar surface area (TPSA) is 73.9 Å². The van der Waals surface area contributed by atoms with E-state index < -0.39 is 0 Å². The van der Waals surface area contributed by atoms with Crippen LogP contribution in [0.1, 0.15) is 53.4 Å². The number of nitrogens with two attached hydrogens (primary N) is 1. The molecule has 5 heteroatoms. The van der Waals surface area contributed by atoms with Crippen LogP contribution in [0.4, 0.5) is 0 Å². The Balaban J connectivity index is 3.50. The molecule has 0 saturated heterocycles. The van der Waals surface area contributed by atoms with Crippen molar-refractivity contribution in [3.8, 4) is 0 Å². The second-order valence-electron chi connectivity index (χ2n) is 6.50. The molecule has 0 saturated carbocycles. The highest BCUT2D eigenvalue weighted by atomic mass is 16.4. The molecular formula is C15H34N4O. The molecule has 0 bridgehead atoms. The summed E-state index contributed by atoms with van der Waals surface area (Å²) in [5, 5.41) is 15.3. The van der Waals surface area contributed by atoms with E-state index in [4.69, 9.17) is 10.9 Å². The molecule has 0 aromatic heterocycles. The molecule has 0 aliphatic heterocycles. The number of hydrogen-bond donors (Lipinski definition) is 3. The van der Waals surface area contributed by atoms with Crippen LogP contribution in [0.3, 0.4) is 0 Å². The van der Waals surface area contributed by atoms with Gasteiger partial charge in [-0.2, -0.15) is 0 Å². The minimum atomic E-state index is -0.214. The lowest BCUT2D eigenvalue weighted by Gasteiger charge is -2.22. The maximum atomic E-state index is 8.70. The maximum absolute atomic E-state index is 8.70. The molecule has 5 nitrogen and oxygen atoms in total. The molecule has 0 aromatic rings. The van der Waals surface area contributed by atoms with Gasteiger partial charge in [0.1, 0.15) is 5.84 Å². The van der Waals surface area contributed by atoms with Crippen LogP contribution in [-0.2, 0) is 0 Å². The molecule has 120 valence electrons. The Kier molecular flexibility index (Phi) is 9.59. The van der Waals surface area contributed by atoms with Crippen molar-refractivity contribution in [1.82, 2.24) is 10.2 Å².